The van der Waals surface area contributed by atoms with E-state index in [1.54, 1.807) is 54.9 Å². The molecule has 35 heavy (non-hydrogen) atoms. The van der Waals surface area contributed by atoms with Gasteiger partial charge >= 0.3 is 0 Å². The number of nitro groups is 1. The molecule has 0 bridgehead atoms. The largest absolute Gasteiger partial charge is 0.346 e. The van der Waals surface area contributed by atoms with E-state index in [9.17, 15) is 14.9 Å². The Morgan fingerprint density at radius 2 is 1.46 bits per heavy atom. The van der Waals surface area contributed by atoms with Crippen molar-refractivity contribution in [1.82, 2.24) is 9.97 Å². The Morgan fingerprint density at radius 1 is 0.829 bits per heavy atom. The Kier molecular flexibility index (Phi) is 7.26. The zero-order chi connectivity index (χ0) is 24.8. The molecule has 2 atom stereocenters. The van der Waals surface area contributed by atoms with E-state index in [2.05, 4.69) is 9.97 Å². The molecule has 7 nitrogen and oxygen atoms in total. The first-order valence-electron chi connectivity index (χ1n) is 11.4. The van der Waals surface area contributed by atoms with Crippen molar-refractivity contribution in [3.63, 3.8) is 0 Å². The van der Waals surface area contributed by atoms with Gasteiger partial charge in [-0.3, -0.25) is 19.9 Å². The van der Waals surface area contributed by atoms with Gasteiger partial charge in [0.25, 0.3) is 5.69 Å². The third kappa shape index (κ3) is 5.09. The second-order valence-electron chi connectivity index (χ2n) is 8.41. The van der Waals surface area contributed by atoms with Gasteiger partial charge < -0.3 is 4.90 Å². The van der Waals surface area contributed by atoms with Crippen LogP contribution < -0.4 is 4.90 Å². The number of pyridine rings is 2. The number of hydrogen-bond donors (Lipinski definition) is 0. The van der Waals surface area contributed by atoms with Gasteiger partial charge in [0.15, 0.2) is 5.78 Å². The van der Waals surface area contributed by atoms with Crippen LogP contribution in [0, 0.1) is 10.1 Å². The average Bonchev–Trinajstić information content (AvgIpc) is 2.89. The van der Waals surface area contributed by atoms with E-state index in [4.69, 9.17) is 0 Å². The number of nitrogens with zero attached hydrogens (tertiary/aromatic N) is 4. The molecule has 2 heterocycles. The highest BCUT2D eigenvalue weighted by molar-refractivity contribution is 6.01. The summed E-state index contributed by atoms with van der Waals surface area (Å²) in [7, 11) is 0. The number of ketones is 1. The molecule has 0 N–H and O–H groups in total. The molecule has 0 amide bonds. The standard InChI is InChI=1S/C28H26N4O3/c1-20(2)31(25-17-9-11-19-30-25)27(22-14-6-7-16-24(22)32(34)35)26(23-15-8-10-18-29-23)28(33)21-12-4-3-5-13-21/h3-20,26-27H,1-2H3/t26-,27+/m0/s1. The lowest BCUT2D eigenvalue weighted by Gasteiger charge is -2.40. The summed E-state index contributed by atoms with van der Waals surface area (Å²) in [5.41, 5.74) is 1.42. The van der Waals surface area contributed by atoms with Crippen molar-refractivity contribution in [3.8, 4) is 0 Å². The summed E-state index contributed by atoms with van der Waals surface area (Å²) < 4.78 is 0. The summed E-state index contributed by atoms with van der Waals surface area (Å²) in [4.78, 5) is 36.9. The fraction of sp³-hybridized carbons (Fsp3) is 0.179. The summed E-state index contributed by atoms with van der Waals surface area (Å²) in [5.74, 6) is -0.384. The number of rotatable bonds is 9. The lowest BCUT2D eigenvalue weighted by atomic mass is 9.81. The first-order valence-corrected chi connectivity index (χ1v) is 11.4. The number of anilines is 1. The SMILES string of the molecule is CC(C)N(c1ccccn1)[C@H](c1ccccc1[N+](=O)[O-])[C@@H](C(=O)c1ccccc1)c1ccccn1. The molecule has 176 valence electrons. The molecular formula is C28H26N4O3. The lowest BCUT2D eigenvalue weighted by Crippen LogP contribution is -2.41. The minimum absolute atomic E-state index is 0.0547. The first-order chi connectivity index (χ1) is 17.0. The molecule has 2 aromatic heterocycles. The van der Waals surface area contributed by atoms with Gasteiger partial charge in [-0.2, -0.15) is 0 Å². The quantitative estimate of drug-likeness (QED) is 0.171. The van der Waals surface area contributed by atoms with E-state index in [0.29, 0.717) is 22.6 Å². The molecule has 7 heteroatoms. The highest BCUT2D eigenvalue weighted by Crippen LogP contribution is 2.43. The van der Waals surface area contributed by atoms with Gasteiger partial charge in [0.05, 0.1) is 28.1 Å². The van der Waals surface area contributed by atoms with E-state index in [1.807, 2.05) is 61.2 Å². The molecule has 4 aromatic rings. The number of aromatic nitrogens is 2. The molecular weight excluding hydrogens is 440 g/mol. The maximum atomic E-state index is 14.1. The summed E-state index contributed by atoms with van der Waals surface area (Å²) in [5, 5.41) is 12.1. The molecule has 0 aliphatic carbocycles. The van der Waals surface area contributed by atoms with Gasteiger partial charge in [-0.1, -0.05) is 60.7 Å². The van der Waals surface area contributed by atoms with Crippen LogP contribution in [-0.2, 0) is 0 Å². The first kappa shape index (κ1) is 23.8. The van der Waals surface area contributed by atoms with Crippen LogP contribution in [0.3, 0.4) is 0 Å². The van der Waals surface area contributed by atoms with E-state index in [-0.39, 0.29) is 17.5 Å². The van der Waals surface area contributed by atoms with E-state index in [0.717, 1.165) is 0 Å². The Bertz CT molecular complexity index is 1280. The number of nitro benzene ring substituents is 1. The highest BCUT2D eigenvalue weighted by atomic mass is 16.6. The van der Waals surface area contributed by atoms with E-state index >= 15 is 0 Å². The van der Waals surface area contributed by atoms with Crippen molar-refractivity contribution in [3.05, 3.63) is 130 Å². The van der Waals surface area contributed by atoms with Gasteiger partial charge in [-0.15, -0.1) is 0 Å². The summed E-state index contributed by atoms with van der Waals surface area (Å²) in [6, 6.07) is 25.6. The summed E-state index contributed by atoms with van der Waals surface area (Å²) in [6.07, 6.45) is 3.31. The van der Waals surface area contributed by atoms with Gasteiger partial charge in [0.2, 0.25) is 0 Å². The predicted molar refractivity (Wildman–Crippen MR) is 135 cm³/mol. The molecule has 4 rings (SSSR count). The lowest BCUT2D eigenvalue weighted by molar-refractivity contribution is -0.385. The topological polar surface area (TPSA) is 89.2 Å². The van der Waals surface area contributed by atoms with E-state index < -0.39 is 16.9 Å². The average molecular weight is 467 g/mol. The van der Waals surface area contributed by atoms with Crippen molar-refractivity contribution in [2.75, 3.05) is 4.90 Å². The highest BCUT2D eigenvalue weighted by Gasteiger charge is 2.41. The van der Waals surface area contributed by atoms with Gasteiger partial charge in [-0.25, -0.2) is 4.98 Å². The van der Waals surface area contributed by atoms with Crippen LogP contribution in [0.5, 0.6) is 0 Å². The van der Waals surface area contributed by atoms with Gasteiger partial charge in [0, 0.05) is 30.1 Å². The molecule has 0 aliphatic heterocycles. The molecule has 0 radical (unpaired) electrons. The Hall–Kier alpha value is -4.39. The van der Waals surface area contributed by atoms with Crippen molar-refractivity contribution < 1.29 is 9.72 Å². The summed E-state index contributed by atoms with van der Waals surface area (Å²) in [6.45, 7) is 3.97. The van der Waals surface area contributed by atoms with Crippen molar-refractivity contribution in [2.45, 2.75) is 31.8 Å². The monoisotopic (exact) mass is 466 g/mol. The third-order valence-electron chi connectivity index (χ3n) is 5.88. The molecule has 2 aromatic carbocycles. The van der Waals surface area contributed by atoms with Gasteiger partial charge in [0.1, 0.15) is 5.82 Å². The minimum atomic E-state index is -0.830. The fourth-order valence-electron chi connectivity index (χ4n) is 4.41. The van der Waals surface area contributed by atoms with Crippen LogP contribution in [0.25, 0.3) is 0 Å². The zero-order valence-electron chi connectivity index (χ0n) is 19.6. The molecule has 0 fully saturated rings. The number of Topliss-reactive ketones (excluding diaryl/α,β-unsaturated/α-hetero) is 1. The van der Waals surface area contributed by atoms with E-state index in [1.165, 1.54) is 6.07 Å². The number of para-hydroxylation sites is 1. The van der Waals surface area contributed by atoms with Crippen LogP contribution in [0.2, 0.25) is 0 Å². The number of carbonyl (C=O) groups excluding carboxylic acids is 1. The molecule has 0 spiro atoms. The molecule has 0 saturated heterocycles. The van der Waals surface area contributed by atoms with Crippen LogP contribution in [0.4, 0.5) is 11.5 Å². The minimum Gasteiger partial charge on any atom is -0.346 e. The Morgan fingerprint density at radius 3 is 2.06 bits per heavy atom. The predicted octanol–water partition coefficient (Wildman–Crippen LogP) is 6.01. The smallest absolute Gasteiger partial charge is 0.274 e. The maximum Gasteiger partial charge on any atom is 0.274 e. The van der Waals surface area contributed by atoms with Crippen LogP contribution in [0.1, 0.15) is 47.4 Å². The van der Waals surface area contributed by atoms with Crippen molar-refractivity contribution in [1.29, 1.82) is 0 Å². The number of carbonyl (C=O) groups is 1. The van der Waals surface area contributed by atoms with Crippen LogP contribution >= 0.6 is 0 Å². The zero-order valence-corrected chi connectivity index (χ0v) is 19.6. The summed E-state index contributed by atoms with van der Waals surface area (Å²) >= 11 is 0. The molecule has 0 aliphatic rings. The van der Waals surface area contributed by atoms with Crippen molar-refractivity contribution >= 4 is 17.3 Å². The number of benzene rings is 2. The maximum absolute atomic E-state index is 14.1. The Balaban J connectivity index is 2.03. The molecule has 0 unspecified atom stereocenters. The number of hydrogen-bond acceptors (Lipinski definition) is 6. The second-order valence-corrected chi connectivity index (χ2v) is 8.41. The normalized spacial score (nSPS) is 12.7. The Labute approximate surface area is 204 Å². The van der Waals surface area contributed by atoms with Crippen molar-refractivity contribution in [2.24, 2.45) is 0 Å². The fourth-order valence-corrected chi connectivity index (χ4v) is 4.41. The second kappa shape index (κ2) is 10.7. The third-order valence-corrected chi connectivity index (χ3v) is 5.88. The molecule has 0 saturated carbocycles. The van der Waals surface area contributed by atoms with Crippen LogP contribution in [-0.4, -0.2) is 26.7 Å². The van der Waals surface area contributed by atoms with Crippen LogP contribution in [0.15, 0.2) is 103 Å². The van der Waals surface area contributed by atoms with Gasteiger partial charge in [-0.05, 0) is 38.1 Å².